The van der Waals surface area contributed by atoms with E-state index in [9.17, 15) is 15.8 Å². The minimum Gasteiger partial charge on any atom is -0.247 e. The number of hydrogen-bond acceptors (Lipinski definition) is 6. The summed E-state index contributed by atoms with van der Waals surface area (Å²) < 4.78 is 0. The zero-order valence-electron chi connectivity index (χ0n) is 25.4. The molecule has 0 aliphatic rings. The fourth-order valence-corrected chi connectivity index (χ4v) is 6.30. The molecule has 0 aliphatic heterocycles. The van der Waals surface area contributed by atoms with Gasteiger partial charge in [0.2, 0.25) is 0 Å². The molecular formula is C42H22N6. The first-order valence-electron chi connectivity index (χ1n) is 15.3. The molecule has 8 rings (SSSR count). The Bertz CT molecular complexity index is 2650. The van der Waals surface area contributed by atoms with Gasteiger partial charge in [0.25, 0.3) is 0 Å². The van der Waals surface area contributed by atoms with E-state index in [0.29, 0.717) is 33.4 Å². The van der Waals surface area contributed by atoms with E-state index >= 15 is 0 Å². The summed E-state index contributed by atoms with van der Waals surface area (Å²) in [7, 11) is 0. The summed E-state index contributed by atoms with van der Waals surface area (Å²) in [6.45, 7) is 0. The van der Waals surface area contributed by atoms with E-state index in [1.54, 1.807) is 18.2 Å². The predicted octanol–water partition coefficient (Wildman–Crippen LogP) is 9.61. The minimum atomic E-state index is 0.425. The van der Waals surface area contributed by atoms with Crippen LogP contribution < -0.4 is 0 Å². The van der Waals surface area contributed by atoms with Crippen molar-refractivity contribution in [3.05, 3.63) is 150 Å². The second-order valence-corrected chi connectivity index (χ2v) is 11.4. The lowest BCUT2D eigenvalue weighted by molar-refractivity contribution is 1.29. The number of nitrogens with zero attached hydrogens (tertiary/aromatic N) is 6. The molecule has 0 spiro atoms. The van der Waals surface area contributed by atoms with Gasteiger partial charge in [0.15, 0.2) is 0 Å². The summed E-state index contributed by atoms with van der Waals surface area (Å²) >= 11 is 0. The van der Waals surface area contributed by atoms with Crippen molar-refractivity contribution in [2.45, 2.75) is 0 Å². The van der Waals surface area contributed by atoms with E-state index in [1.807, 2.05) is 115 Å². The Morgan fingerprint density at radius 2 is 0.938 bits per heavy atom. The molecule has 0 amide bonds. The van der Waals surface area contributed by atoms with Gasteiger partial charge in [-0.05, 0) is 41.5 Å². The number of hydrogen-bond donors (Lipinski definition) is 0. The van der Waals surface area contributed by atoms with Crippen molar-refractivity contribution in [3.63, 3.8) is 0 Å². The molecule has 6 nitrogen and oxygen atoms in total. The molecule has 0 bridgehead atoms. The molecule has 2 aromatic heterocycles. The van der Waals surface area contributed by atoms with Crippen molar-refractivity contribution < 1.29 is 0 Å². The maximum atomic E-state index is 10.5. The first-order chi connectivity index (χ1) is 23.6. The molecule has 0 saturated carbocycles. The van der Waals surface area contributed by atoms with E-state index in [1.165, 1.54) is 0 Å². The van der Waals surface area contributed by atoms with Crippen molar-refractivity contribution in [2.24, 2.45) is 0 Å². The van der Waals surface area contributed by atoms with Crippen molar-refractivity contribution >= 4 is 32.7 Å². The van der Waals surface area contributed by atoms with Crippen LogP contribution in [0.2, 0.25) is 0 Å². The van der Waals surface area contributed by atoms with Crippen LogP contribution in [0.1, 0.15) is 16.7 Å². The van der Waals surface area contributed by atoms with E-state index < -0.39 is 0 Å². The van der Waals surface area contributed by atoms with Gasteiger partial charge in [0.1, 0.15) is 0 Å². The Balaban J connectivity index is 1.45. The predicted molar refractivity (Wildman–Crippen MR) is 188 cm³/mol. The summed E-state index contributed by atoms with van der Waals surface area (Å²) in [5.74, 6) is 0. The van der Waals surface area contributed by atoms with Crippen LogP contribution in [0.15, 0.2) is 133 Å². The molecule has 0 N–H and O–H groups in total. The lowest BCUT2D eigenvalue weighted by Gasteiger charge is -2.16. The van der Waals surface area contributed by atoms with Crippen LogP contribution in [0.4, 0.5) is 0 Å². The van der Waals surface area contributed by atoms with Gasteiger partial charge in [-0.1, -0.05) is 103 Å². The van der Waals surface area contributed by atoms with Crippen molar-refractivity contribution in [3.8, 4) is 63.1 Å². The molecule has 0 fully saturated rings. The Morgan fingerprint density at radius 1 is 0.396 bits per heavy atom. The summed E-state index contributed by atoms with van der Waals surface area (Å²) in [6.07, 6.45) is 0. The fourth-order valence-electron chi connectivity index (χ4n) is 6.30. The van der Waals surface area contributed by atoms with Gasteiger partial charge < -0.3 is 0 Å². The fraction of sp³-hybridized carbons (Fsp3) is 0. The van der Waals surface area contributed by atoms with Crippen molar-refractivity contribution in [1.82, 2.24) is 15.0 Å². The summed E-state index contributed by atoms with van der Waals surface area (Å²) in [4.78, 5) is 15.7. The number of nitriles is 3. The molecule has 6 heteroatoms. The number of pyridine rings is 1. The average molecular weight is 611 g/mol. The Morgan fingerprint density at radius 3 is 1.56 bits per heavy atom. The zero-order chi connectivity index (χ0) is 32.6. The molecule has 2 heterocycles. The number of para-hydroxylation sites is 1. The highest BCUT2D eigenvalue weighted by Crippen LogP contribution is 2.41. The third kappa shape index (κ3) is 4.77. The Hall–Kier alpha value is -7.20. The maximum Gasteiger partial charge on any atom is 0.0999 e. The molecule has 0 aliphatic carbocycles. The topological polar surface area (TPSA) is 110 Å². The number of aromatic nitrogens is 3. The molecule has 6 aromatic carbocycles. The third-order valence-electron chi connectivity index (χ3n) is 8.50. The van der Waals surface area contributed by atoms with Crippen LogP contribution in [0.3, 0.4) is 0 Å². The van der Waals surface area contributed by atoms with E-state index in [-0.39, 0.29) is 0 Å². The van der Waals surface area contributed by atoms with Crippen molar-refractivity contribution in [1.29, 1.82) is 15.8 Å². The van der Waals surface area contributed by atoms with Crippen LogP contribution in [0.5, 0.6) is 0 Å². The third-order valence-corrected chi connectivity index (χ3v) is 8.50. The number of rotatable bonds is 4. The van der Waals surface area contributed by atoms with Gasteiger partial charge in [-0.2, -0.15) is 15.8 Å². The van der Waals surface area contributed by atoms with E-state index in [0.717, 1.165) is 60.9 Å². The summed E-state index contributed by atoms with van der Waals surface area (Å²) in [5.41, 5.74) is 9.83. The first-order valence-corrected chi connectivity index (χ1v) is 15.3. The van der Waals surface area contributed by atoms with E-state index in [2.05, 4.69) is 18.2 Å². The molecule has 0 unspecified atom stereocenters. The second-order valence-electron chi connectivity index (χ2n) is 11.4. The SMILES string of the molecule is N#Cc1cc(C#N)cc(-c2ccc(-c3nc4ccccc4c4c(C#N)cc5nc(-c6ccccc6)c(-c6ccccc6)nc5c34)cc2)c1. The van der Waals surface area contributed by atoms with Crippen LogP contribution in [0, 0.1) is 34.0 Å². The van der Waals surface area contributed by atoms with Gasteiger partial charge in [-0.25, -0.2) is 15.0 Å². The van der Waals surface area contributed by atoms with Crippen LogP contribution in [-0.4, -0.2) is 15.0 Å². The number of benzene rings is 6. The maximum absolute atomic E-state index is 10.5. The minimum absolute atomic E-state index is 0.425. The van der Waals surface area contributed by atoms with Gasteiger partial charge in [0.05, 0.1) is 68.5 Å². The monoisotopic (exact) mass is 610 g/mol. The smallest absolute Gasteiger partial charge is 0.0999 e. The standard InChI is InChI=1S/C42H22N6/c43-23-26-19-27(24-44)21-32(20-26)28-15-17-31(18-16-28)39-38-37(34-13-7-8-14-35(34)46-39)33(25-45)22-36-42(38)48-41(30-11-5-2-6-12-30)40(47-36)29-9-3-1-4-10-29/h1-22H. The lowest BCUT2D eigenvalue weighted by atomic mass is 9.93. The largest absolute Gasteiger partial charge is 0.247 e. The van der Waals surface area contributed by atoms with Gasteiger partial charge in [-0.15, -0.1) is 0 Å². The highest BCUT2D eigenvalue weighted by molar-refractivity contribution is 6.22. The molecule has 0 radical (unpaired) electrons. The van der Waals surface area contributed by atoms with Crippen LogP contribution >= 0.6 is 0 Å². The summed E-state index contributed by atoms with van der Waals surface area (Å²) in [6, 6.07) is 49.4. The molecule has 8 aromatic rings. The molecular weight excluding hydrogens is 589 g/mol. The molecule has 48 heavy (non-hydrogen) atoms. The molecule has 0 saturated heterocycles. The normalized spacial score (nSPS) is 10.9. The second kappa shape index (κ2) is 11.6. The zero-order valence-corrected chi connectivity index (χ0v) is 25.4. The van der Waals surface area contributed by atoms with Crippen molar-refractivity contribution in [2.75, 3.05) is 0 Å². The quantitative estimate of drug-likeness (QED) is 0.184. The molecule has 0 atom stereocenters. The highest BCUT2D eigenvalue weighted by Gasteiger charge is 2.21. The number of fused-ring (bicyclic) bond motifs is 5. The van der Waals surface area contributed by atoms with Gasteiger partial charge >= 0.3 is 0 Å². The van der Waals surface area contributed by atoms with Gasteiger partial charge in [0, 0.05) is 32.8 Å². The molecule has 220 valence electrons. The van der Waals surface area contributed by atoms with Crippen LogP contribution in [0.25, 0.3) is 77.6 Å². The Kier molecular flexibility index (Phi) is 6.85. The lowest BCUT2D eigenvalue weighted by Crippen LogP contribution is -2.00. The summed E-state index contributed by atoms with van der Waals surface area (Å²) in [5, 5.41) is 31.9. The van der Waals surface area contributed by atoms with E-state index in [4.69, 9.17) is 15.0 Å². The highest BCUT2D eigenvalue weighted by atomic mass is 14.8. The van der Waals surface area contributed by atoms with Crippen LogP contribution in [-0.2, 0) is 0 Å². The Labute approximate surface area is 276 Å². The average Bonchev–Trinajstić information content (AvgIpc) is 3.17. The van der Waals surface area contributed by atoms with Gasteiger partial charge in [-0.3, -0.25) is 0 Å². The first kappa shape index (κ1) is 28.3.